The minimum Gasteiger partial charge on any atom is -0.358 e. The highest BCUT2D eigenvalue weighted by molar-refractivity contribution is 8.00. The molecule has 0 spiro atoms. The van der Waals surface area contributed by atoms with Gasteiger partial charge in [0.2, 0.25) is 5.91 Å². The molecule has 2 aromatic carbocycles. The predicted octanol–water partition coefficient (Wildman–Crippen LogP) is 4.01. The second kappa shape index (κ2) is 9.24. The van der Waals surface area contributed by atoms with Gasteiger partial charge in [-0.3, -0.25) is 15.6 Å². The maximum Gasteiger partial charge on any atom is 0.248 e. The number of carbonyl (C=O) groups excluding carboxylic acids is 1. The van der Waals surface area contributed by atoms with Gasteiger partial charge in [0.1, 0.15) is 0 Å². The Morgan fingerprint density at radius 1 is 1.12 bits per heavy atom. The fourth-order valence-electron chi connectivity index (χ4n) is 3.30. The maximum atomic E-state index is 12.1. The molecule has 138 valence electrons. The molecule has 3 rings (SSSR count). The summed E-state index contributed by atoms with van der Waals surface area (Å²) in [5, 5.41) is 6.20. The van der Waals surface area contributed by atoms with E-state index < -0.39 is 0 Å². The zero-order valence-electron chi connectivity index (χ0n) is 15.0. The number of hydrazine groups is 1. The molecule has 26 heavy (non-hydrogen) atoms. The Morgan fingerprint density at radius 3 is 2.69 bits per heavy atom. The summed E-state index contributed by atoms with van der Waals surface area (Å²) in [6, 6.07) is 14.8. The van der Waals surface area contributed by atoms with E-state index in [0.717, 1.165) is 11.3 Å². The van der Waals surface area contributed by atoms with Crippen molar-refractivity contribution in [1.29, 1.82) is 0 Å². The zero-order valence-corrected chi connectivity index (χ0v) is 16.6. The van der Waals surface area contributed by atoms with Crippen LogP contribution >= 0.6 is 24.0 Å². The van der Waals surface area contributed by atoms with Crippen LogP contribution in [0.25, 0.3) is 10.8 Å². The van der Waals surface area contributed by atoms with Gasteiger partial charge >= 0.3 is 0 Å². The smallest absolute Gasteiger partial charge is 0.248 e. The van der Waals surface area contributed by atoms with Gasteiger partial charge in [-0.1, -0.05) is 50.1 Å². The van der Waals surface area contributed by atoms with Crippen LogP contribution in [0.4, 0.5) is 0 Å². The van der Waals surface area contributed by atoms with E-state index in [0.29, 0.717) is 22.8 Å². The number of thiocarbonyl (C=S) groups is 1. The van der Waals surface area contributed by atoms with Gasteiger partial charge in [-0.25, -0.2) is 0 Å². The number of amides is 1. The van der Waals surface area contributed by atoms with Crippen LogP contribution in [-0.2, 0) is 4.79 Å². The number of benzene rings is 2. The minimum atomic E-state index is -0.0935. The molecule has 2 aromatic rings. The molecule has 1 aliphatic rings. The van der Waals surface area contributed by atoms with Crippen LogP contribution in [0.5, 0.6) is 0 Å². The Morgan fingerprint density at radius 2 is 1.88 bits per heavy atom. The normalized spacial score (nSPS) is 19.7. The molecule has 3 N–H and O–H groups in total. The molecule has 1 fully saturated rings. The summed E-state index contributed by atoms with van der Waals surface area (Å²) in [5.41, 5.74) is 5.50. The van der Waals surface area contributed by atoms with Crippen molar-refractivity contribution in [3.8, 4) is 0 Å². The fraction of sp³-hybridized carbons (Fsp3) is 0.400. The lowest BCUT2D eigenvalue weighted by Gasteiger charge is -2.30. The van der Waals surface area contributed by atoms with Gasteiger partial charge in [-0.05, 0) is 53.9 Å². The van der Waals surface area contributed by atoms with Crippen molar-refractivity contribution in [2.45, 2.75) is 43.5 Å². The molecule has 0 radical (unpaired) electrons. The molecule has 2 unspecified atom stereocenters. The Labute approximate surface area is 164 Å². The molecule has 2 atom stereocenters. The average molecular weight is 388 g/mol. The molecule has 0 saturated heterocycles. The first kappa shape index (κ1) is 19.0. The van der Waals surface area contributed by atoms with E-state index in [1.54, 1.807) is 0 Å². The Balaban J connectivity index is 1.41. The summed E-state index contributed by atoms with van der Waals surface area (Å²) in [5.74, 6) is 0.861. The second-order valence-corrected chi connectivity index (χ2v) is 8.27. The lowest BCUT2D eigenvalue weighted by atomic mass is 9.86. The predicted molar refractivity (Wildman–Crippen MR) is 113 cm³/mol. The molecule has 4 nitrogen and oxygen atoms in total. The molecular formula is C20H25N3OS2. The van der Waals surface area contributed by atoms with Crippen molar-refractivity contribution in [1.82, 2.24) is 16.2 Å². The van der Waals surface area contributed by atoms with Crippen LogP contribution < -0.4 is 16.2 Å². The van der Waals surface area contributed by atoms with E-state index >= 15 is 0 Å². The first-order chi connectivity index (χ1) is 12.6. The third-order valence-electron chi connectivity index (χ3n) is 4.83. The third-order valence-corrected chi connectivity index (χ3v) is 6.05. The highest BCUT2D eigenvalue weighted by atomic mass is 32.2. The number of thioether (sulfide) groups is 1. The van der Waals surface area contributed by atoms with Crippen molar-refractivity contribution in [3.63, 3.8) is 0 Å². The topological polar surface area (TPSA) is 53.2 Å². The first-order valence-corrected chi connectivity index (χ1v) is 10.5. The third kappa shape index (κ3) is 5.35. The quantitative estimate of drug-likeness (QED) is 0.420. The summed E-state index contributed by atoms with van der Waals surface area (Å²) < 4.78 is 0. The van der Waals surface area contributed by atoms with E-state index in [2.05, 4.69) is 47.4 Å². The van der Waals surface area contributed by atoms with E-state index in [4.69, 9.17) is 12.2 Å². The molecule has 1 saturated carbocycles. The van der Waals surface area contributed by atoms with Crippen LogP contribution in [0.15, 0.2) is 47.4 Å². The monoisotopic (exact) mass is 387 g/mol. The number of nitrogens with one attached hydrogen (secondary N) is 3. The van der Waals surface area contributed by atoms with E-state index in [1.807, 2.05) is 18.2 Å². The maximum absolute atomic E-state index is 12.1. The van der Waals surface area contributed by atoms with Crippen molar-refractivity contribution >= 4 is 45.8 Å². The lowest BCUT2D eigenvalue weighted by molar-refractivity contribution is -0.119. The largest absolute Gasteiger partial charge is 0.358 e. The van der Waals surface area contributed by atoms with Crippen molar-refractivity contribution in [2.24, 2.45) is 5.92 Å². The van der Waals surface area contributed by atoms with Gasteiger partial charge in [-0.15, -0.1) is 11.8 Å². The van der Waals surface area contributed by atoms with E-state index in [-0.39, 0.29) is 5.91 Å². The van der Waals surface area contributed by atoms with Gasteiger partial charge in [-0.2, -0.15) is 0 Å². The highest BCUT2D eigenvalue weighted by Crippen LogP contribution is 2.24. The highest BCUT2D eigenvalue weighted by Gasteiger charge is 2.21. The molecule has 0 aromatic heterocycles. The lowest BCUT2D eigenvalue weighted by Crippen LogP contribution is -2.52. The zero-order chi connectivity index (χ0) is 18.4. The van der Waals surface area contributed by atoms with E-state index in [9.17, 15) is 4.79 Å². The standard InChI is InChI=1S/C20H25N3OS2/c1-14-6-2-5-9-18(14)21-20(25)23-22-19(24)13-26-17-11-10-15-7-3-4-8-16(15)12-17/h3-4,7-8,10-12,14,18H,2,5-6,9,13H2,1H3,(H,22,24)(H2,21,23,25). The summed E-state index contributed by atoms with van der Waals surface area (Å²) >= 11 is 6.81. The molecule has 0 heterocycles. The summed E-state index contributed by atoms with van der Waals surface area (Å²) in [4.78, 5) is 13.1. The molecule has 6 heteroatoms. The van der Waals surface area contributed by atoms with Crippen molar-refractivity contribution in [3.05, 3.63) is 42.5 Å². The van der Waals surface area contributed by atoms with Gasteiger partial charge in [0.05, 0.1) is 5.75 Å². The van der Waals surface area contributed by atoms with Crippen LogP contribution in [-0.4, -0.2) is 22.8 Å². The first-order valence-electron chi connectivity index (χ1n) is 9.09. The van der Waals surface area contributed by atoms with Gasteiger partial charge < -0.3 is 5.32 Å². The Hall–Kier alpha value is -1.79. The fourth-order valence-corrected chi connectivity index (χ4v) is 4.25. The number of carbonyl (C=O) groups is 1. The van der Waals surface area contributed by atoms with E-state index in [1.165, 1.54) is 41.8 Å². The average Bonchev–Trinajstić information content (AvgIpc) is 2.66. The van der Waals surface area contributed by atoms with Gasteiger partial charge in [0, 0.05) is 10.9 Å². The molecule has 0 bridgehead atoms. The van der Waals surface area contributed by atoms with Crippen LogP contribution in [0.1, 0.15) is 32.6 Å². The summed E-state index contributed by atoms with van der Waals surface area (Å²) in [6.07, 6.45) is 4.89. The van der Waals surface area contributed by atoms with Crippen LogP contribution in [0, 0.1) is 5.92 Å². The number of fused-ring (bicyclic) bond motifs is 1. The molecule has 0 aliphatic heterocycles. The number of hydrogen-bond acceptors (Lipinski definition) is 3. The summed E-state index contributed by atoms with van der Waals surface area (Å²) in [7, 11) is 0. The molecule has 1 amide bonds. The molecule has 1 aliphatic carbocycles. The Kier molecular flexibility index (Phi) is 6.74. The van der Waals surface area contributed by atoms with Crippen LogP contribution in [0.3, 0.4) is 0 Å². The Bertz CT molecular complexity index is 780. The second-order valence-electron chi connectivity index (χ2n) is 6.81. The SMILES string of the molecule is CC1CCCCC1NC(=S)NNC(=O)CSc1ccc2ccccc2c1. The van der Waals surface area contributed by atoms with Crippen LogP contribution in [0.2, 0.25) is 0 Å². The van der Waals surface area contributed by atoms with Crippen molar-refractivity contribution < 1.29 is 4.79 Å². The minimum absolute atomic E-state index is 0.0935. The van der Waals surface area contributed by atoms with Gasteiger partial charge in [0.15, 0.2) is 5.11 Å². The summed E-state index contributed by atoms with van der Waals surface area (Å²) in [6.45, 7) is 2.25. The van der Waals surface area contributed by atoms with Crippen molar-refractivity contribution in [2.75, 3.05) is 5.75 Å². The number of hydrogen-bond donors (Lipinski definition) is 3. The van der Waals surface area contributed by atoms with Gasteiger partial charge in [0.25, 0.3) is 0 Å². The number of rotatable bonds is 4. The molecular weight excluding hydrogens is 362 g/mol.